The van der Waals surface area contributed by atoms with Gasteiger partial charge in [0.2, 0.25) is 0 Å². The van der Waals surface area contributed by atoms with E-state index in [1.165, 1.54) is 18.6 Å². The highest BCUT2D eigenvalue weighted by Gasteiger charge is 2.19. The van der Waals surface area contributed by atoms with Gasteiger partial charge in [-0.2, -0.15) is 11.8 Å². The second-order valence-electron chi connectivity index (χ2n) is 2.93. The van der Waals surface area contributed by atoms with Gasteiger partial charge in [-0.15, -0.1) is 11.6 Å². The number of alkyl halides is 1. The number of rotatable bonds is 2. The molecule has 2 rings (SSSR count). The van der Waals surface area contributed by atoms with E-state index < -0.39 is 0 Å². The minimum Gasteiger partial charge on any atom is -0.344 e. The molecule has 1 aromatic heterocycles. The predicted octanol–water partition coefficient (Wildman–Crippen LogP) is 2.72. The molecule has 0 aromatic carbocycles. The fourth-order valence-electron chi connectivity index (χ4n) is 1.40. The van der Waals surface area contributed by atoms with E-state index in [1.807, 2.05) is 18.0 Å². The molecule has 0 spiro atoms. The SMILES string of the molecule is ClCc1cnc(C2CCCS2)[nH]1. The summed E-state index contributed by atoms with van der Waals surface area (Å²) in [4.78, 5) is 7.55. The monoisotopic (exact) mass is 202 g/mol. The van der Waals surface area contributed by atoms with E-state index in [1.54, 1.807) is 0 Å². The van der Waals surface area contributed by atoms with Crippen LogP contribution in [0.15, 0.2) is 6.20 Å². The fourth-order valence-corrected chi connectivity index (χ4v) is 2.77. The molecule has 0 radical (unpaired) electrons. The summed E-state index contributed by atoms with van der Waals surface area (Å²) in [5.41, 5.74) is 1.03. The van der Waals surface area contributed by atoms with Crippen molar-refractivity contribution >= 4 is 23.4 Å². The molecule has 1 saturated heterocycles. The number of aromatic nitrogens is 2. The fraction of sp³-hybridized carbons (Fsp3) is 0.625. The van der Waals surface area contributed by atoms with Crippen LogP contribution in [0.1, 0.15) is 29.6 Å². The number of hydrogen-bond donors (Lipinski definition) is 1. The molecule has 2 heterocycles. The van der Waals surface area contributed by atoms with Gasteiger partial charge in [-0.05, 0) is 18.6 Å². The lowest BCUT2D eigenvalue weighted by Crippen LogP contribution is -1.91. The quantitative estimate of drug-likeness (QED) is 0.748. The van der Waals surface area contributed by atoms with Crippen molar-refractivity contribution in [3.05, 3.63) is 17.7 Å². The number of thioether (sulfide) groups is 1. The van der Waals surface area contributed by atoms with E-state index in [0.29, 0.717) is 11.1 Å². The number of nitrogens with one attached hydrogen (secondary N) is 1. The van der Waals surface area contributed by atoms with Gasteiger partial charge >= 0.3 is 0 Å². The zero-order valence-corrected chi connectivity index (χ0v) is 8.29. The average Bonchev–Trinajstić information content (AvgIpc) is 2.75. The van der Waals surface area contributed by atoms with Crippen LogP contribution in [0.2, 0.25) is 0 Å². The Morgan fingerprint density at radius 3 is 3.25 bits per heavy atom. The molecular weight excluding hydrogens is 192 g/mol. The van der Waals surface area contributed by atoms with Crippen LogP contribution < -0.4 is 0 Å². The second kappa shape index (κ2) is 3.71. The Balaban J connectivity index is 2.11. The molecule has 1 aliphatic rings. The molecule has 66 valence electrons. The topological polar surface area (TPSA) is 28.7 Å². The molecule has 1 atom stereocenters. The van der Waals surface area contributed by atoms with E-state index in [4.69, 9.17) is 11.6 Å². The van der Waals surface area contributed by atoms with Gasteiger partial charge in [-0.3, -0.25) is 0 Å². The van der Waals surface area contributed by atoms with Crippen molar-refractivity contribution in [3.63, 3.8) is 0 Å². The molecule has 0 amide bonds. The van der Waals surface area contributed by atoms with Crippen LogP contribution in [0.3, 0.4) is 0 Å². The third kappa shape index (κ3) is 1.62. The molecule has 1 aromatic rings. The van der Waals surface area contributed by atoms with Crippen molar-refractivity contribution < 1.29 is 0 Å². The summed E-state index contributed by atoms with van der Waals surface area (Å²) >= 11 is 7.65. The predicted molar refractivity (Wildman–Crippen MR) is 52.6 cm³/mol. The van der Waals surface area contributed by atoms with Crippen LogP contribution in [-0.2, 0) is 5.88 Å². The Morgan fingerprint density at radius 2 is 2.67 bits per heavy atom. The van der Waals surface area contributed by atoms with E-state index in [-0.39, 0.29) is 0 Å². The van der Waals surface area contributed by atoms with Crippen LogP contribution in [0.4, 0.5) is 0 Å². The second-order valence-corrected chi connectivity index (χ2v) is 4.51. The zero-order chi connectivity index (χ0) is 8.39. The largest absolute Gasteiger partial charge is 0.344 e. The molecule has 1 N–H and O–H groups in total. The number of hydrogen-bond acceptors (Lipinski definition) is 2. The summed E-state index contributed by atoms with van der Waals surface area (Å²) in [6.45, 7) is 0. The first-order valence-electron chi connectivity index (χ1n) is 4.11. The van der Waals surface area contributed by atoms with Crippen LogP contribution >= 0.6 is 23.4 Å². The molecule has 0 bridgehead atoms. The van der Waals surface area contributed by atoms with Gasteiger partial charge < -0.3 is 4.98 Å². The Labute approximate surface area is 81.1 Å². The maximum absolute atomic E-state index is 5.67. The van der Waals surface area contributed by atoms with E-state index in [0.717, 1.165) is 11.5 Å². The van der Waals surface area contributed by atoms with Crippen molar-refractivity contribution in [1.82, 2.24) is 9.97 Å². The van der Waals surface area contributed by atoms with Gasteiger partial charge in [0.25, 0.3) is 0 Å². The van der Waals surface area contributed by atoms with Crippen molar-refractivity contribution in [1.29, 1.82) is 0 Å². The normalized spacial score (nSPS) is 23.2. The van der Waals surface area contributed by atoms with Crippen LogP contribution in [0.25, 0.3) is 0 Å². The highest BCUT2D eigenvalue weighted by molar-refractivity contribution is 7.99. The minimum atomic E-state index is 0.532. The third-order valence-electron chi connectivity index (χ3n) is 2.03. The lowest BCUT2D eigenvalue weighted by atomic mass is 10.2. The molecule has 0 saturated carbocycles. The summed E-state index contributed by atoms with van der Waals surface area (Å²) in [6, 6.07) is 0. The van der Waals surface area contributed by atoms with Gasteiger partial charge in [0.15, 0.2) is 0 Å². The van der Waals surface area contributed by atoms with Crippen LogP contribution in [0.5, 0.6) is 0 Å². The first-order chi connectivity index (χ1) is 5.90. The molecule has 12 heavy (non-hydrogen) atoms. The molecule has 1 unspecified atom stereocenters. The molecular formula is C8H11ClN2S. The Morgan fingerprint density at radius 1 is 1.75 bits per heavy atom. The number of imidazole rings is 1. The summed E-state index contributed by atoms with van der Waals surface area (Å²) in [6.07, 6.45) is 4.40. The zero-order valence-electron chi connectivity index (χ0n) is 6.72. The lowest BCUT2D eigenvalue weighted by Gasteiger charge is -2.02. The standard InChI is InChI=1S/C8H11ClN2S/c9-4-6-5-10-8(11-6)7-2-1-3-12-7/h5,7H,1-4H2,(H,10,11). The summed E-state index contributed by atoms with van der Waals surface area (Å²) < 4.78 is 0. The lowest BCUT2D eigenvalue weighted by molar-refractivity contribution is 0.788. The Hall–Kier alpha value is -0.150. The first-order valence-corrected chi connectivity index (χ1v) is 5.70. The molecule has 4 heteroatoms. The summed E-state index contributed by atoms with van der Waals surface area (Å²) in [7, 11) is 0. The first kappa shape index (κ1) is 8.45. The molecule has 2 nitrogen and oxygen atoms in total. The highest BCUT2D eigenvalue weighted by atomic mass is 35.5. The van der Waals surface area contributed by atoms with Gasteiger partial charge in [-0.25, -0.2) is 4.98 Å². The minimum absolute atomic E-state index is 0.532. The summed E-state index contributed by atoms with van der Waals surface area (Å²) in [5.74, 6) is 2.90. The third-order valence-corrected chi connectivity index (χ3v) is 3.70. The van der Waals surface area contributed by atoms with Crippen molar-refractivity contribution in [2.75, 3.05) is 5.75 Å². The number of halogens is 1. The van der Waals surface area contributed by atoms with Gasteiger partial charge in [0.1, 0.15) is 5.82 Å². The Kier molecular flexibility index (Phi) is 2.61. The van der Waals surface area contributed by atoms with Crippen molar-refractivity contribution in [2.24, 2.45) is 0 Å². The van der Waals surface area contributed by atoms with Gasteiger partial charge in [-0.1, -0.05) is 0 Å². The van der Waals surface area contributed by atoms with Gasteiger partial charge in [0, 0.05) is 11.9 Å². The molecule has 1 fully saturated rings. The molecule has 1 aliphatic heterocycles. The van der Waals surface area contributed by atoms with E-state index in [9.17, 15) is 0 Å². The maximum Gasteiger partial charge on any atom is 0.119 e. The van der Waals surface area contributed by atoms with E-state index in [2.05, 4.69) is 9.97 Å². The highest BCUT2D eigenvalue weighted by Crippen LogP contribution is 2.38. The van der Waals surface area contributed by atoms with Crippen LogP contribution in [0, 0.1) is 0 Å². The summed E-state index contributed by atoms with van der Waals surface area (Å²) in [5, 5.41) is 0.585. The Bertz CT molecular complexity index is 255. The van der Waals surface area contributed by atoms with Crippen molar-refractivity contribution in [3.8, 4) is 0 Å². The molecule has 0 aliphatic carbocycles. The smallest absolute Gasteiger partial charge is 0.119 e. The van der Waals surface area contributed by atoms with Crippen molar-refractivity contribution in [2.45, 2.75) is 24.0 Å². The number of nitrogens with zero attached hydrogens (tertiary/aromatic N) is 1. The van der Waals surface area contributed by atoms with E-state index >= 15 is 0 Å². The van der Waals surface area contributed by atoms with Gasteiger partial charge in [0.05, 0.1) is 11.1 Å². The number of H-pyrrole nitrogens is 1. The number of aromatic amines is 1. The average molecular weight is 203 g/mol. The van der Waals surface area contributed by atoms with Crippen LogP contribution in [-0.4, -0.2) is 15.7 Å². The maximum atomic E-state index is 5.67.